The molecule has 0 spiro atoms. The van der Waals surface area contributed by atoms with E-state index in [2.05, 4.69) is 15.2 Å². The molecule has 21 heavy (non-hydrogen) atoms. The molecule has 9 heteroatoms. The molecule has 0 saturated carbocycles. The van der Waals surface area contributed by atoms with E-state index >= 15 is 0 Å². The highest BCUT2D eigenvalue weighted by molar-refractivity contribution is 5.18. The zero-order valence-electron chi connectivity index (χ0n) is 10.9. The van der Waals surface area contributed by atoms with Crippen molar-refractivity contribution in [1.82, 2.24) is 24.6 Å². The van der Waals surface area contributed by atoms with Crippen LogP contribution in [0.1, 0.15) is 17.3 Å². The van der Waals surface area contributed by atoms with Crippen LogP contribution in [-0.4, -0.2) is 36.3 Å². The van der Waals surface area contributed by atoms with Gasteiger partial charge in [-0.05, 0) is 12.1 Å². The van der Waals surface area contributed by atoms with Gasteiger partial charge in [-0.3, -0.25) is 9.88 Å². The molecule has 0 amide bonds. The first-order chi connectivity index (χ1) is 9.93. The monoisotopic (exact) mass is 299 g/mol. The first-order valence-corrected chi connectivity index (χ1v) is 6.29. The van der Waals surface area contributed by atoms with Gasteiger partial charge in [0.2, 0.25) is 5.82 Å². The average molecular weight is 299 g/mol. The molecule has 0 atom stereocenters. The number of aromatic hydroxyl groups is 1. The third-order valence-corrected chi connectivity index (χ3v) is 3.28. The van der Waals surface area contributed by atoms with Crippen LogP contribution in [0.2, 0.25) is 0 Å². The van der Waals surface area contributed by atoms with Crippen LogP contribution in [0, 0.1) is 0 Å². The summed E-state index contributed by atoms with van der Waals surface area (Å²) in [7, 11) is 0. The predicted molar refractivity (Wildman–Crippen MR) is 65.0 cm³/mol. The number of hydrogen-bond acceptors (Lipinski definition) is 5. The summed E-state index contributed by atoms with van der Waals surface area (Å²) in [5.41, 5.74) is 0.733. The molecule has 1 aliphatic heterocycles. The predicted octanol–water partition coefficient (Wildman–Crippen LogP) is 1.41. The number of nitrogens with zero attached hydrogens (tertiary/aromatic N) is 5. The van der Waals surface area contributed by atoms with Crippen molar-refractivity contribution in [2.75, 3.05) is 6.54 Å². The lowest BCUT2D eigenvalue weighted by Gasteiger charge is -2.27. The zero-order valence-corrected chi connectivity index (χ0v) is 10.9. The number of pyridine rings is 1. The second kappa shape index (κ2) is 4.99. The van der Waals surface area contributed by atoms with E-state index in [-0.39, 0.29) is 18.8 Å². The molecule has 0 aromatic carbocycles. The van der Waals surface area contributed by atoms with E-state index in [1.165, 1.54) is 12.3 Å². The third-order valence-electron chi connectivity index (χ3n) is 3.28. The van der Waals surface area contributed by atoms with E-state index in [0.29, 0.717) is 18.9 Å². The van der Waals surface area contributed by atoms with Gasteiger partial charge in [0.1, 0.15) is 11.6 Å². The Hall–Kier alpha value is -2.16. The maximum Gasteiger partial charge on any atom is 0.451 e. The molecule has 2 aromatic heterocycles. The Morgan fingerprint density at radius 2 is 2.00 bits per heavy atom. The highest BCUT2D eigenvalue weighted by Gasteiger charge is 2.39. The minimum absolute atomic E-state index is 0.0759. The lowest BCUT2D eigenvalue weighted by molar-refractivity contribution is -0.148. The quantitative estimate of drug-likeness (QED) is 0.908. The van der Waals surface area contributed by atoms with Crippen molar-refractivity contribution in [3.63, 3.8) is 0 Å². The normalized spacial score (nSPS) is 16.0. The van der Waals surface area contributed by atoms with Crippen LogP contribution < -0.4 is 0 Å². The van der Waals surface area contributed by atoms with Crippen LogP contribution in [0.4, 0.5) is 13.2 Å². The minimum Gasteiger partial charge on any atom is -0.506 e. The van der Waals surface area contributed by atoms with E-state index in [4.69, 9.17) is 5.11 Å². The molecule has 1 N–H and O–H groups in total. The summed E-state index contributed by atoms with van der Waals surface area (Å²) < 4.78 is 39.3. The fourth-order valence-electron chi connectivity index (χ4n) is 2.29. The number of alkyl halides is 3. The zero-order chi connectivity index (χ0) is 15.0. The topological polar surface area (TPSA) is 67.1 Å². The van der Waals surface area contributed by atoms with Gasteiger partial charge < -0.3 is 9.67 Å². The van der Waals surface area contributed by atoms with Gasteiger partial charge in [0.25, 0.3) is 0 Å². The van der Waals surface area contributed by atoms with Gasteiger partial charge in [-0.25, -0.2) is 0 Å². The number of rotatable bonds is 2. The van der Waals surface area contributed by atoms with Crippen molar-refractivity contribution in [1.29, 1.82) is 0 Å². The maximum absolute atomic E-state index is 12.7. The fraction of sp³-hybridized carbons (Fsp3) is 0.417. The molecule has 0 saturated heterocycles. The maximum atomic E-state index is 12.7. The summed E-state index contributed by atoms with van der Waals surface area (Å²) in [6, 6.07) is 3.20. The molecule has 0 radical (unpaired) electrons. The van der Waals surface area contributed by atoms with Crippen molar-refractivity contribution in [3.05, 3.63) is 35.7 Å². The van der Waals surface area contributed by atoms with Crippen molar-refractivity contribution >= 4 is 0 Å². The third kappa shape index (κ3) is 2.82. The van der Waals surface area contributed by atoms with E-state index in [1.807, 2.05) is 4.90 Å². The van der Waals surface area contributed by atoms with Gasteiger partial charge in [0.15, 0.2) is 0 Å². The second-order valence-electron chi connectivity index (χ2n) is 4.81. The smallest absolute Gasteiger partial charge is 0.451 e. The largest absolute Gasteiger partial charge is 0.506 e. The lowest BCUT2D eigenvalue weighted by atomic mass is 10.3. The lowest BCUT2D eigenvalue weighted by Crippen LogP contribution is -2.35. The molecule has 3 heterocycles. The molecule has 0 fully saturated rings. The number of halogens is 3. The SMILES string of the molecule is Oc1ccc(CN2CCn3c(nnc3C(F)(F)F)C2)nc1. The minimum atomic E-state index is -4.48. The van der Waals surface area contributed by atoms with Crippen molar-refractivity contribution < 1.29 is 18.3 Å². The summed E-state index contributed by atoms with van der Waals surface area (Å²) in [6.07, 6.45) is -3.14. The molecule has 0 unspecified atom stereocenters. The molecule has 0 bridgehead atoms. The molecule has 1 aliphatic rings. The van der Waals surface area contributed by atoms with Crippen LogP contribution in [0.25, 0.3) is 0 Å². The Labute approximate surface area is 117 Å². The van der Waals surface area contributed by atoms with E-state index in [9.17, 15) is 13.2 Å². The first kappa shape index (κ1) is 13.8. The molecular formula is C12H12F3N5O. The molecule has 2 aromatic rings. The number of aromatic nitrogens is 4. The molecule has 112 valence electrons. The molecule has 6 nitrogen and oxygen atoms in total. The van der Waals surface area contributed by atoms with Gasteiger partial charge in [-0.15, -0.1) is 10.2 Å². The van der Waals surface area contributed by atoms with Gasteiger partial charge in [0, 0.05) is 19.6 Å². The van der Waals surface area contributed by atoms with E-state index < -0.39 is 12.0 Å². The van der Waals surface area contributed by atoms with Gasteiger partial charge >= 0.3 is 6.18 Å². The first-order valence-electron chi connectivity index (χ1n) is 6.29. The van der Waals surface area contributed by atoms with Gasteiger partial charge in [0.05, 0.1) is 18.4 Å². The number of hydrogen-bond donors (Lipinski definition) is 1. The average Bonchev–Trinajstić information content (AvgIpc) is 2.84. The summed E-state index contributed by atoms with van der Waals surface area (Å²) in [5.74, 6) is -0.570. The summed E-state index contributed by atoms with van der Waals surface area (Å²) in [4.78, 5) is 5.99. The Balaban J connectivity index is 1.73. The van der Waals surface area contributed by atoms with Gasteiger partial charge in [-0.1, -0.05) is 0 Å². The standard InChI is InChI=1S/C12H12F3N5O/c13-12(14,15)11-18-17-10-7-19(3-4-20(10)11)6-8-1-2-9(21)5-16-8/h1-2,5,21H,3-4,6-7H2. The molecule has 0 aliphatic carbocycles. The second-order valence-corrected chi connectivity index (χ2v) is 4.81. The summed E-state index contributed by atoms with van der Waals surface area (Å²) in [5, 5.41) is 16.0. The van der Waals surface area contributed by atoms with Crippen LogP contribution in [-0.2, 0) is 25.8 Å². The Bertz CT molecular complexity index is 637. The van der Waals surface area contributed by atoms with E-state index in [1.54, 1.807) is 6.07 Å². The van der Waals surface area contributed by atoms with Gasteiger partial charge in [-0.2, -0.15) is 13.2 Å². The Morgan fingerprint density at radius 3 is 2.67 bits per heavy atom. The van der Waals surface area contributed by atoms with Crippen LogP contribution >= 0.6 is 0 Å². The Kier molecular flexibility index (Phi) is 3.28. The Morgan fingerprint density at radius 1 is 1.19 bits per heavy atom. The summed E-state index contributed by atoms with van der Waals surface area (Å²) in [6.45, 7) is 1.41. The van der Waals surface area contributed by atoms with Crippen LogP contribution in [0.5, 0.6) is 5.75 Å². The van der Waals surface area contributed by atoms with Crippen LogP contribution in [0.3, 0.4) is 0 Å². The van der Waals surface area contributed by atoms with Crippen molar-refractivity contribution in [2.45, 2.75) is 25.8 Å². The highest BCUT2D eigenvalue weighted by atomic mass is 19.4. The summed E-state index contributed by atoms with van der Waals surface area (Å²) >= 11 is 0. The highest BCUT2D eigenvalue weighted by Crippen LogP contribution is 2.29. The van der Waals surface area contributed by atoms with E-state index in [0.717, 1.165) is 10.3 Å². The molecular weight excluding hydrogens is 287 g/mol. The fourth-order valence-corrected chi connectivity index (χ4v) is 2.29. The number of fused-ring (bicyclic) bond motifs is 1. The molecule has 3 rings (SSSR count). The van der Waals surface area contributed by atoms with Crippen LogP contribution in [0.15, 0.2) is 18.3 Å². The van der Waals surface area contributed by atoms with Crippen molar-refractivity contribution in [3.8, 4) is 5.75 Å². The van der Waals surface area contributed by atoms with Crippen molar-refractivity contribution in [2.24, 2.45) is 0 Å².